The Labute approximate surface area is 146 Å². The average Bonchev–Trinajstić information content (AvgIpc) is 3.01. The highest BCUT2D eigenvalue weighted by molar-refractivity contribution is 5.79. The Hall–Kier alpha value is -2.44. The molecule has 1 heterocycles. The van der Waals surface area contributed by atoms with E-state index in [4.69, 9.17) is 4.52 Å². The Morgan fingerprint density at radius 2 is 2.00 bits per heavy atom. The van der Waals surface area contributed by atoms with E-state index < -0.39 is 11.6 Å². The molecular formula is C18H24F2N4O. The number of aryl methyl sites for hydroxylation is 2. The van der Waals surface area contributed by atoms with E-state index >= 15 is 0 Å². The van der Waals surface area contributed by atoms with Gasteiger partial charge in [-0.1, -0.05) is 25.1 Å². The van der Waals surface area contributed by atoms with Crippen LogP contribution in [0, 0.1) is 11.6 Å². The van der Waals surface area contributed by atoms with Gasteiger partial charge in [0, 0.05) is 38.2 Å². The predicted octanol–water partition coefficient (Wildman–Crippen LogP) is 2.99. The average molecular weight is 350 g/mol. The number of nitrogens with one attached hydrogen (secondary N) is 2. The van der Waals surface area contributed by atoms with Crippen LogP contribution >= 0.6 is 0 Å². The zero-order valence-corrected chi connectivity index (χ0v) is 14.8. The molecule has 0 unspecified atom stereocenters. The maximum Gasteiger partial charge on any atom is 0.191 e. The monoisotopic (exact) mass is 350 g/mol. The summed E-state index contributed by atoms with van der Waals surface area (Å²) in [5, 5.41) is 10.4. The van der Waals surface area contributed by atoms with Gasteiger partial charge in [-0.25, -0.2) is 8.78 Å². The summed E-state index contributed by atoms with van der Waals surface area (Å²) in [6.45, 7) is 5.09. The molecule has 0 saturated carbocycles. The van der Waals surface area contributed by atoms with Crippen LogP contribution in [0.4, 0.5) is 8.78 Å². The van der Waals surface area contributed by atoms with Crippen molar-refractivity contribution in [1.82, 2.24) is 15.8 Å². The van der Waals surface area contributed by atoms with E-state index in [9.17, 15) is 8.78 Å². The summed E-state index contributed by atoms with van der Waals surface area (Å²) < 4.78 is 31.9. The van der Waals surface area contributed by atoms with Gasteiger partial charge in [0.1, 0.15) is 17.4 Å². The maximum atomic E-state index is 13.6. The van der Waals surface area contributed by atoms with Crippen molar-refractivity contribution in [2.24, 2.45) is 4.99 Å². The number of rotatable bonds is 7. The number of guanidine groups is 1. The van der Waals surface area contributed by atoms with Crippen LogP contribution < -0.4 is 10.6 Å². The van der Waals surface area contributed by atoms with E-state index in [0.29, 0.717) is 31.0 Å². The van der Waals surface area contributed by atoms with E-state index in [1.165, 1.54) is 12.1 Å². The van der Waals surface area contributed by atoms with E-state index in [-0.39, 0.29) is 0 Å². The molecule has 2 rings (SSSR count). The second kappa shape index (κ2) is 9.15. The van der Waals surface area contributed by atoms with Gasteiger partial charge in [0.05, 0.1) is 5.69 Å². The number of halogens is 2. The first-order chi connectivity index (χ1) is 12.1. The first kappa shape index (κ1) is 18.9. The highest BCUT2D eigenvalue weighted by atomic mass is 19.1. The van der Waals surface area contributed by atoms with Crippen LogP contribution in [0.25, 0.3) is 0 Å². The fourth-order valence-corrected chi connectivity index (χ4v) is 2.57. The molecule has 0 fully saturated rings. The van der Waals surface area contributed by atoms with Crippen LogP contribution in [0.2, 0.25) is 0 Å². The highest BCUT2D eigenvalue weighted by Gasteiger charge is 2.13. The van der Waals surface area contributed by atoms with Gasteiger partial charge in [-0.2, -0.15) is 0 Å². The number of benzene rings is 1. The highest BCUT2D eigenvalue weighted by Crippen LogP contribution is 2.15. The zero-order chi connectivity index (χ0) is 18.2. The van der Waals surface area contributed by atoms with Crippen molar-refractivity contribution < 1.29 is 13.3 Å². The molecular weight excluding hydrogens is 326 g/mol. The molecule has 2 aromatic rings. The summed E-state index contributed by atoms with van der Waals surface area (Å²) in [6.07, 6.45) is 2.01. The molecule has 1 aromatic heterocycles. The number of aliphatic imine (C=N–C) groups is 1. The summed E-state index contributed by atoms with van der Waals surface area (Å²) >= 11 is 0. The molecule has 0 radical (unpaired) electrons. The Bertz CT molecular complexity index is 706. The summed E-state index contributed by atoms with van der Waals surface area (Å²) in [6, 6.07) is 3.61. The molecule has 1 aromatic carbocycles. The van der Waals surface area contributed by atoms with Crippen molar-refractivity contribution in [3.63, 3.8) is 0 Å². The Kier molecular flexibility index (Phi) is 6.91. The maximum absolute atomic E-state index is 13.6. The Balaban J connectivity index is 1.88. The van der Waals surface area contributed by atoms with E-state index in [1.807, 2.05) is 13.8 Å². The lowest BCUT2D eigenvalue weighted by molar-refractivity contribution is 0.380. The zero-order valence-electron chi connectivity index (χ0n) is 14.8. The van der Waals surface area contributed by atoms with Crippen LogP contribution in [0.5, 0.6) is 0 Å². The van der Waals surface area contributed by atoms with Gasteiger partial charge in [0.25, 0.3) is 0 Å². The van der Waals surface area contributed by atoms with E-state index in [1.54, 1.807) is 7.05 Å². The SMILES string of the molecule is CCc1noc(CC)c1CNC(=NC)NCCc1ccc(F)cc1F. The lowest BCUT2D eigenvalue weighted by Gasteiger charge is -2.12. The summed E-state index contributed by atoms with van der Waals surface area (Å²) in [5.74, 6) is 0.370. The number of hydrogen-bond acceptors (Lipinski definition) is 3. The van der Waals surface area contributed by atoms with Gasteiger partial charge in [0.15, 0.2) is 5.96 Å². The summed E-state index contributed by atoms with van der Waals surface area (Å²) in [7, 11) is 1.67. The molecule has 0 bridgehead atoms. The standard InChI is InChI=1S/C18H24F2N4O/c1-4-16-14(17(5-2)25-24-16)11-23-18(21-3)22-9-8-12-6-7-13(19)10-15(12)20/h6-7,10H,4-5,8-9,11H2,1-3H3,(H2,21,22,23). The molecule has 0 saturated heterocycles. The third-order valence-electron chi connectivity index (χ3n) is 3.97. The van der Waals surface area contributed by atoms with Crippen LogP contribution in [0.3, 0.4) is 0 Å². The van der Waals surface area contributed by atoms with Crippen molar-refractivity contribution >= 4 is 5.96 Å². The molecule has 136 valence electrons. The number of hydrogen-bond donors (Lipinski definition) is 2. The topological polar surface area (TPSA) is 62.5 Å². The summed E-state index contributed by atoms with van der Waals surface area (Å²) in [4.78, 5) is 4.16. The van der Waals surface area contributed by atoms with Crippen LogP contribution in [0.1, 0.15) is 36.4 Å². The molecule has 0 aliphatic rings. The quantitative estimate of drug-likeness (QED) is 0.595. The number of nitrogens with zero attached hydrogens (tertiary/aromatic N) is 2. The summed E-state index contributed by atoms with van der Waals surface area (Å²) in [5.41, 5.74) is 2.45. The minimum absolute atomic E-state index is 0.431. The molecule has 5 nitrogen and oxygen atoms in total. The predicted molar refractivity (Wildman–Crippen MR) is 93.5 cm³/mol. The molecule has 2 N–H and O–H groups in total. The Morgan fingerprint density at radius 1 is 1.20 bits per heavy atom. The van der Waals surface area contributed by atoms with Crippen LogP contribution in [-0.2, 0) is 25.8 Å². The molecule has 0 amide bonds. The van der Waals surface area contributed by atoms with E-state index in [2.05, 4.69) is 20.8 Å². The van der Waals surface area contributed by atoms with Crippen molar-refractivity contribution in [2.45, 2.75) is 39.7 Å². The first-order valence-corrected chi connectivity index (χ1v) is 8.43. The smallest absolute Gasteiger partial charge is 0.191 e. The first-order valence-electron chi connectivity index (χ1n) is 8.43. The fraction of sp³-hybridized carbons (Fsp3) is 0.444. The number of aromatic nitrogens is 1. The molecule has 7 heteroatoms. The Morgan fingerprint density at radius 3 is 2.64 bits per heavy atom. The van der Waals surface area contributed by atoms with Gasteiger partial charge in [0.2, 0.25) is 0 Å². The van der Waals surface area contributed by atoms with Crippen LogP contribution in [0.15, 0.2) is 27.7 Å². The largest absolute Gasteiger partial charge is 0.361 e. The van der Waals surface area contributed by atoms with Crippen LogP contribution in [-0.4, -0.2) is 24.7 Å². The molecule has 0 atom stereocenters. The van der Waals surface area contributed by atoms with Gasteiger partial charge in [-0.3, -0.25) is 4.99 Å². The molecule has 0 spiro atoms. The minimum atomic E-state index is -0.570. The molecule has 0 aliphatic heterocycles. The third-order valence-corrected chi connectivity index (χ3v) is 3.97. The molecule has 25 heavy (non-hydrogen) atoms. The van der Waals surface area contributed by atoms with Crippen molar-refractivity contribution in [2.75, 3.05) is 13.6 Å². The van der Waals surface area contributed by atoms with Crippen molar-refractivity contribution in [3.8, 4) is 0 Å². The second-order valence-corrected chi connectivity index (χ2v) is 5.58. The van der Waals surface area contributed by atoms with Gasteiger partial charge < -0.3 is 15.2 Å². The lowest BCUT2D eigenvalue weighted by atomic mass is 10.1. The fourth-order valence-electron chi connectivity index (χ4n) is 2.57. The van der Waals surface area contributed by atoms with Gasteiger partial charge in [-0.05, 0) is 24.5 Å². The van der Waals surface area contributed by atoms with Gasteiger partial charge >= 0.3 is 0 Å². The third kappa shape index (κ3) is 5.01. The van der Waals surface area contributed by atoms with E-state index in [0.717, 1.165) is 35.9 Å². The minimum Gasteiger partial charge on any atom is -0.361 e. The van der Waals surface area contributed by atoms with Gasteiger partial charge in [-0.15, -0.1) is 0 Å². The van der Waals surface area contributed by atoms with Crippen molar-refractivity contribution in [1.29, 1.82) is 0 Å². The lowest BCUT2D eigenvalue weighted by Crippen LogP contribution is -2.38. The second-order valence-electron chi connectivity index (χ2n) is 5.58. The van der Waals surface area contributed by atoms with Crippen molar-refractivity contribution in [3.05, 3.63) is 52.4 Å². The molecule has 0 aliphatic carbocycles. The normalized spacial score (nSPS) is 11.6.